The standard InChI is InChI=1S/C5H5F2NS.C2H6/c6-5(7)3-1-2-4(8)9-3;1-2/h1-2,5H,8H2;1-2H3. The molecule has 0 amide bonds. The van der Waals surface area contributed by atoms with E-state index in [-0.39, 0.29) is 4.88 Å². The first-order valence-electron chi connectivity index (χ1n) is 3.33. The van der Waals surface area contributed by atoms with Crippen LogP contribution in [0, 0.1) is 0 Å². The molecule has 0 unspecified atom stereocenters. The molecular weight excluding hydrogens is 168 g/mol. The molecule has 0 fully saturated rings. The number of thiophene rings is 1. The highest BCUT2D eigenvalue weighted by molar-refractivity contribution is 7.15. The average Bonchev–Trinajstić information content (AvgIpc) is 2.40. The molecule has 0 atom stereocenters. The summed E-state index contributed by atoms with van der Waals surface area (Å²) in [4.78, 5) is 0.0347. The van der Waals surface area contributed by atoms with Crippen molar-refractivity contribution < 1.29 is 8.78 Å². The lowest BCUT2D eigenvalue weighted by Gasteiger charge is -1.88. The molecule has 2 N–H and O–H groups in total. The van der Waals surface area contributed by atoms with Gasteiger partial charge in [-0.1, -0.05) is 13.8 Å². The summed E-state index contributed by atoms with van der Waals surface area (Å²) in [5, 5.41) is 0.435. The molecule has 1 rings (SSSR count). The van der Waals surface area contributed by atoms with Crippen LogP contribution in [0.1, 0.15) is 25.2 Å². The molecule has 11 heavy (non-hydrogen) atoms. The van der Waals surface area contributed by atoms with Gasteiger partial charge in [0.25, 0.3) is 6.43 Å². The van der Waals surface area contributed by atoms with E-state index < -0.39 is 6.43 Å². The highest BCUT2D eigenvalue weighted by Gasteiger charge is 2.07. The largest absolute Gasteiger partial charge is 0.391 e. The number of nitrogen functional groups attached to an aromatic ring is 1. The molecule has 1 aromatic heterocycles. The van der Waals surface area contributed by atoms with Crippen LogP contribution in [0.4, 0.5) is 13.8 Å². The topological polar surface area (TPSA) is 26.0 Å². The van der Waals surface area contributed by atoms with E-state index in [2.05, 4.69) is 0 Å². The van der Waals surface area contributed by atoms with Crippen LogP contribution in [0.15, 0.2) is 12.1 Å². The van der Waals surface area contributed by atoms with Crippen LogP contribution >= 0.6 is 11.3 Å². The first kappa shape index (κ1) is 10.4. The summed E-state index contributed by atoms with van der Waals surface area (Å²) in [6.45, 7) is 4.00. The maximum absolute atomic E-state index is 11.7. The number of hydrogen-bond donors (Lipinski definition) is 1. The molecule has 0 bridgehead atoms. The zero-order valence-electron chi connectivity index (χ0n) is 6.47. The maximum atomic E-state index is 11.7. The van der Waals surface area contributed by atoms with E-state index in [1.807, 2.05) is 13.8 Å². The van der Waals surface area contributed by atoms with E-state index in [0.717, 1.165) is 11.3 Å². The van der Waals surface area contributed by atoms with Crippen molar-refractivity contribution in [3.05, 3.63) is 17.0 Å². The maximum Gasteiger partial charge on any atom is 0.272 e. The fourth-order valence-electron chi connectivity index (χ4n) is 0.486. The van der Waals surface area contributed by atoms with Crippen LogP contribution < -0.4 is 5.73 Å². The smallest absolute Gasteiger partial charge is 0.272 e. The van der Waals surface area contributed by atoms with Crippen molar-refractivity contribution >= 4 is 16.3 Å². The zero-order valence-corrected chi connectivity index (χ0v) is 7.29. The summed E-state index contributed by atoms with van der Waals surface area (Å²) in [5.41, 5.74) is 5.20. The molecule has 0 spiro atoms. The van der Waals surface area contributed by atoms with Gasteiger partial charge in [0.05, 0.1) is 9.88 Å². The van der Waals surface area contributed by atoms with Crippen molar-refractivity contribution in [2.45, 2.75) is 20.3 Å². The van der Waals surface area contributed by atoms with Gasteiger partial charge in [0.1, 0.15) is 0 Å². The lowest BCUT2D eigenvalue weighted by molar-refractivity contribution is 0.155. The van der Waals surface area contributed by atoms with Gasteiger partial charge < -0.3 is 5.73 Å². The quantitative estimate of drug-likeness (QED) is 0.703. The first-order valence-corrected chi connectivity index (χ1v) is 4.15. The minimum Gasteiger partial charge on any atom is -0.391 e. The van der Waals surface area contributed by atoms with Crippen molar-refractivity contribution in [1.82, 2.24) is 0 Å². The fraction of sp³-hybridized carbons (Fsp3) is 0.429. The summed E-state index contributed by atoms with van der Waals surface area (Å²) in [6, 6.07) is 2.82. The van der Waals surface area contributed by atoms with Gasteiger partial charge in [-0.2, -0.15) is 0 Å². The molecule has 4 heteroatoms. The van der Waals surface area contributed by atoms with E-state index in [1.165, 1.54) is 12.1 Å². The van der Waals surface area contributed by atoms with Crippen molar-refractivity contribution in [2.24, 2.45) is 0 Å². The predicted octanol–water partition coefficient (Wildman–Crippen LogP) is 3.29. The number of alkyl halides is 2. The van der Waals surface area contributed by atoms with Gasteiger partial charge in [0, 0.05) is 0 Å². The van der Waals surface area contributed by atoms with Gasteiger partial charge in [-0.25, -0.2) is 8.78 Å². The van der Waals surface area contributed by atoms with Crippen LogP contribution in [0.25, 0.3) is 0 Å². The fourth-order valence-corrected chi connectivity index (χ4v) is 1.12. The number of nitrogens with two attached hydrogens (primary N) is 1. The van der Waals surface area contributed by atoms with Crippen molar-refractivity contribution in [1.29, 1.82) is 0 Å². The molecule has 1 nitrogen and oxygen atoms in total. The number of hydrogen-bond acceptors (Lipinski definition) is 2. The Kier molecular flexibility index (Phi) is 4.77. The van der Waals surface area contributed by atoms with Crippen molar-refractivity contribution in [2.75, 3.05) is 5.73 Å². The Morgan fingerprint density at radius 2 is 1.91 bits per heavy atom. The van der Waals surface area contributed by atoms with Gasteiger partial charge >= 0.3 is 0 Å². The third-order valence-electron chi connectivity index (χ3n) is 0.863. The minimum absolute atomic E-state index is 0.0347. The summed E-state index contributed by atoms with van der Waals surface area (Å²) in [5.74, 6) is 0. The first-order chi connectivity index (χ1) is 5.20. The summed E-state index contributed by atoms with van der Waals surface area (Å²) < 4.78 is 23.5. The monoisotopic (exact) mass is 179 g/mol. The second-order valence-corrected chi connectivity index (χ2v) is 2.69. The highest BCUT2D eigenvalue weighted by atomic mass is 32.1. The van der Waals surface area contributed by atoms with Gasteiger partial charge in [0.15, 0.2) is 0 Å². The average molecular weight is 179 g/mol. The Bertz CT molecular complexity index is 198. The van der Waals surface area contributed by atoms with Crippen LogP contribution in [-0.2, 0) is 0 Å². The molecule has 0 aliphatic carbocycles. The van der Waals surface area contributed by atoms with E-state index in [9.17, 15) is 8.78 Å². The van der Waals surface area contributed by atoms with E-state index >= 15 is 0 Å². The van der Waals surface area contributed by atoms with Crippen LogP contribution in [0.3, 0.4) is 0 Å². The normalized spacial score (nSPS) is 9.18. The number of halogens is 2. The molecule has 1 aromatic rings. The third-order valence-corrected chi connectivity index (χ3v) is 1.78. The number of rotatable bonds is 1. The van der Waals surface area contributed by atoms with Crippen molar-refractivity contribution in [3.8, 4) is 0 Å². The molecule has 0 aliphatic rings. The lowest BCUT2D eigenvalue weighted by Crippen LogP contribution is -1.74. The van der Waals surface area contributed by atoms with Crippen LogP contribution in [0.5, 0.6) is 0 Å². The Balaban J connectivity index is 0.000000461. The van der Waals surface area contributed by atoms with Gasteiger partial charge in [0.2, 0.25) is 0 Å². The van der Waals surface area contributed by atoms with Gasteiger partial charge in [-0.3, -0.25) is 0 Å². The molecule has 64 valence electrons. The second-order valence-electron chi connectivity index (χ2n) is 1.54. The predicted molar refractivity (Wildman–Crippen MR) is 45.0 cm³/mol. The zero-order chi connectivity index (χ0) is 8.85. The molecule has 1 heterocycles. The highest BCUT2D eigenvalue weighted by Crippen LogP contribution is 2.27. The minimum atomic E-state index is -2.38. The Morgan fingerprint density at radius 3 is 2.09 bits per heavy atom. The Labute approximate surface area is 68.8 Å². The van der Waals surface area contributed by atoms with Gasteiger partial charge in [-0.05, 0) is 12.1 Å². The van der Waals surface area contributed by atoms with E-state index in [4.69, 9.17) is 5.73 Å². The molecule has 0 aromatic carbocycles. The molecule has 0 radical (unpaired) electrons. The van der Waals surface area contributed by atoms with Gasteiger partial charge in [-0.15, -0.1) is 11.3 Å². The molecular formula is C7H11F2NS. The summed E-state index contributed by atoms with van der Waals surface area (Å²) in [6.07, 6.45) is -2.38. The van der Waals surface area contributed by atoms with E-state index in [1.54, 1.807) is 0 Å². The summed E-state index contributed by atoms with van der Waals surface area (Å²) in [7, 11) is 0. The van der Waals surface area contributed by atoms with Crippen LogP contribution in [0.2, 0.25) is 0 Å². The van der Waals surface area contributed by atoms with Crippen LogP contribution in [-0.4, -0.2) is 0 Å². The SMILES string of the molecule is CC.Nc1ccc(C(F)F)s1. The molecule has 0 aliphatic heterocycles. The number of anilines is 1. The second kappa shape index (κ2) is 5.07. The van der Waals surface area contributed by atoms with E-state index in [0.29, 0.717) is 5.00 Å². The molecule has 0 saturated heterocycles. The summed E-state index contributed by atoms with van der Waals surface area (Å²) >= 11 is 0.924. The third kappa shape index (κ3) is 3.32. The molecule has 0 saturated carbocycles. The Hall–Kier alpha value is -0.640. The van der Waals surface area contributed by atoms with Crippen molar-refractivity contribution in [3.63, 3.8) is 0 Å². The Morgan fingerprint density at radius 1 is 1.36 bits per heavy atom. The lowest BCUT2D eigenvalue weighted by atomic mass is 10.5.